The molecule has 1 heterocycles. The highest BCUT2D eigenvalue weighted by molar-refractivity contribution is 5.98. The smallest absolute Gasteiger partial charge is 0.329 e. The Labute approximate surface area is 164 Å². The fourth-order valence-corrected chi connectivity index (χ4v) is 2.60. The van der Waals surface area contributed by atoms with Gasteiger partial charge in [-0.1, -0.05) is 0 Å². The van der Waals surface area contributed by atoms with Crippen LogP contribution in [0.2, 0.25) is 0 Å². The lowest BCUT2D eigenvalue weighted by Gasteiger charge is -2.22. The van der Waals surface area contributed by atoms with Crippen molar-refractivity contribution in [1.82, 2.24) is 14.9 Å². The van der Waals surface area contributed by atoms with Crippen molar-refractivity contribution < 1.29 is 22.8 Å². The second-order valence-corrected chi connectivity index (χ2v) is 6.66. The number of carbonyl (C=O) groups is 2. The van der Waals surface area contributed by atoms with Gasteiger partial charge in [0.25, 0.3) is 5.91 Å². The van der Waals surface area contributed by atoms with Crippen LogP contribution in [0.15, 0.2) is 36.7 Å². The maximum atomic E-state index is 12.7. The number of anilines is 1. The van der Waals surface area contributed by atoms with E-state index in [9.17, 15) is 22.8 Å². The van der Waals surface area contributed by atoms with Crippen LogP contribution in [0.3, 0.4) is 0 Å². The minimum atomic E-state index is -4.49. The Bertz CT molecular complexity index is 932. The van der Waals surface area contributed by atoms with Crippen molar-refractivity contribution in [3.05, 3.63) is 53.3 Å². The lowest BCUT2D eigenvalue weighted by atomic mass is 10.1. The zero-order valence-electron chi connectivity index (χ0n) is 15.1. The molecule has 1 aliphatic carbocycles. The van der Waals surface area contributed by atoms with Gasteiger partial charge in [-0.2, -0.15) is 18.4 Å². The molecule has 0 bridgehead atoms. The van der Waals surface area contributed by atoms with Crippen LogP contribution in [0.25, 0.3) is 0 Å². The van der Waals surface area contributed by atoms with Crippen LogP contribution in [-0.4, -0.2) is 39.8 Å². The Kier molecular flexibility index (Phi) is 5.77. The van der Waals surface area contributed by atoms with E-state index in [0.29, 0.717) is 6.54 Å². The predicted molar refractivity (Wildman–Crippen MR) is 95.4 cm³/mol. The van der Waals surface area contributed by atoms with Gasteiger partial charge in [0.1, 0.15) is 12.6 Å². The highest BCUT2D eigenvalue weighted by Crippen LogP contribution is 2.31. The Morgan fingerprint density at radius 2 is 1.79 bits per heavy atom. The monoisotopic (exact) mass is 403 g/mol. The SMILES string of the molecule is N#Cc1cnc(NC(=O)CN(CC2CC2)C(=O)c2ccc(C(F)(F)F)cc2)nc1. The molecule has 1 N–H and O–H groups in total. The van der Waals surface area contributed by atoms with Crippen LogP contribution in [0.4, 0.5) is 19.1 Å². The van der Waals surface area contributed by atoms with E-state index in [1.165, 1.54) is 17.3 Å². The van der Waals surface area contributed by atoms with Gasteiger partial charge in [0.15, 0.2) is 0 Å². The maximum absolute atomic E-state index is 12.7. The first kappa shape index (κ1) is 20.3. The number of amides is 2. The maximum Gasteiger partial charge on any atom is 0.416 e. The first-order valence-electron chi connectivity index (χ1n) is 8.75. The zero-order valence-corrected chi connectivity index (χ0v) is 15.1. The number of nitriles is 1. The zero-order chi connectivity index (χ0) is 21.0. The van der Waals surface area contributed by atoms with E-state index in [4.69, 9.17) is 5.26 Å². The molecule has 0 atom stereocenters. The van der Waals surface area contributed by atoms with Crippen LogP contribution in [0.5, 0.6) is 0 Å². The molecule has 0 saturated heterocycles. The summed E-state index contributed by atoms with van der Waals surface area (Å²) in [6.45, 7) is 0.0429. The lowest BCUT2D eigenvalue weighted by Crippen LogP contribution is -2.39. The lowest BCUT2D eigenvalue weighted by molar-refractivity contribution is -0.137. The van der Waals surface area contributed by atoms with Crippen LogP contribution in [0.1, 0.15) is 34.3 Å². The average molecular weight is 403 g/mol. The number of rotatable bonds is 6. The number of hydrogen-bond acceptors (Lipinski definition) is 5. The van der Waals surface area contributed by atoms with Crippen LogP contribution < -0.4 is 5.32 Å². The Balaban J connectivity index is 1.68. The summed E-state index contributed by atoms with van der Waals surface area (Å²) in [5.41, 5.74) is -0.546. The first-order valence-corrected chi connectivity index (χ1v) is 8.75. The third kappa shape index (κ3) is 5.51. The minimum absolute atomic E-state index is 0.0117. The van der Waals surface area contributed by atoms with Gasteiger partial charge in [-0.25, -0.2) is 9.97 Å². The molecule has 7 nitrogen and oxygen atoms in total. The van der Waals surface area contributed by atoms with E-state index in [1.54, 1.807) is 0 Å². The molecule has 1 fully saturated rings. The van der Waals surface area contributed by atoms with E-state index in [1.807, 2.05) is 6.07 Å². The minimum Gasteiger partial charge on any atom is -0.329 e. The van der Waals surface area contributed by atoms with Crippen LogP contribution in [0, 0.1) is 17.2 Å². The fourth-order valence-electron chi connectivity index (χ4n) is 2.60. The highest BCUT2D eigenvalue weighted by Gasteiger charge is 2.31. The molecule has 0 radical (unpaired) electrons. The number of hydrogen-bond donors (Lipinski definition) is 1. The molecular formula is C19H16F3N5O2. The molecule has 3 rings (SSSR count). The van der Waals surface area contributed by atoms with Crippen molar-refractivity contribution in [3.8, 4) is 6.07 Å². The van der Waals surface area contributed by atoms with Gasteiger partial charge in [0, 0.05) is 12.1 Å². The van der Waals surface area contributed by atoms with Crippen LogP contribution in [-0.2, 0) is 11.0 Å². The van der Waals surface area contributed by atoms with Crippen molar-refractivity contribution in [2.45, 2.75) is 19.0 Å². The number of halogens is 3. The number of aromatic nitrogens is 2. The van der Waals surface area contributed by atoms with E-state index in [-0.39, 0.29) is 29.5 Å². The predicted octanol–water partition coefficient (Wildman–Crippen LogP) is 2.86. The summed E-state index contributed by atoms with van der Waals surface area (Å²) in [4.78, 5) is 34.0. The van der Waals surface area contributed by atoms with Gasteiger partial charge in [0.05, 0.1) is 23.5 Å². The number of nitrogens with one attached hydrogen (secondary N) is 1. The van der Waals surface area contributed by atoms with Gasteiger partial charge < -0.3 is 4.90 Å². The molecule has 29 heavy (non-hydrogen) atoms. The third-order valence-corrected chi connectivity index (χ3v) is 4.29. The van der Waals surface area contributed by atoms with Crippen molar-refractivity contribution >= 4 is 17.8 Å². The normalized spacial score (nSPS) is 13.4. The van der Waals surface area contributed by atoms with Gasteiger partial charge in [0.2, 0.25) is 11.9 Å². The molecule has 150 valence electrons. The number of nitrogens with zero attached hydrogens (tertiary/aromatic N) is 4. The molecule has 2 amide bonds. The molecule has 1 aliphatic rings. The molecule has 0 aliphatic heterocycles. The molecule has 1 aromatic heterocycles. The fraction of sp³-hybridized carbons (Fsp3) is 0.316. The second-order valence-electron chi connectivity index (χ2n) is 6.66. The second kappa shape index (κ2) is 8.26. The first-order chi connectivity index (χ1) is 13.8. The van der Waals surface area contributed by atoms with Crippen LogP contribution >= 0.6 is 0 Å². The summed E-state index contributed by atoms with van der Waals surface area (Å²) in [7, 11) is 0. The molecule has 2 aromatic rings. The highest BCUT2D eigenvalue weighted by atomic mass is 19.4. The van der Waals surface area contributed by atoms with Gasteiger partial charge >= 0.3 is 6.18 Å². The van der Waals surface area contributed by atoms with Crippen molar-refractivity contribution in [1.29, 1.82) is 5.26 Å². The summed E-state index contributed by atoms with van der Waals surface area (Å²) >= 11 is 0. The summed E-state index contributed by atoms with van der Waals surface area (Å²) in [5.74, 6) is -0.813. The Hall–Kier alpha value is -3.48. The van der Waals surface area contributed by atoms with E-state index < -0.39 is 23.6 Å². The molecule has 0 unspecified atom stereocenters. The van der Waals surface area contributed by atoms with Gasteiger partial charge in [-0.3, -0.25) is 14.9 Å². The van der Waals surface area contributed by atoms with E-state index >= 15 is 0 Å². The third-order valence-electron chi connectivity index (χ3n) is 4.29. The molecular weight excluding hydrogens is 387 g/mol. The summed E-state index contributed by atoms with van der Waals surface area (Å²) < 4.78 is 38.1. The van der Waals surface area contributed by atoms with Gasteiger partial charge in [-0.15, -0.1) is 0 Å². The van der Waals surface area contributed by atoms with Crippen molar-refractivity contribution in [2.75, 3.05) is 18.4 Å². The van der Waals surface area contributed by atoms with E-state index in [2.05, 4.69) is 15.3 Å². The summed E-state index contributed by atoms with van der Waals surface area (Å²) in [6, 6.07) is 5.74. The van der Waals surface area contributed by atoms with Crippen molar-refractivity contribution in [3.63, 3.8) is 0 Å². The molecule has 1 aromatic carbocycles. The quantitative estimate of drug-likeness (QED) is 0.800. The van der Waals surface area contributed by atoms with Gasteiger partial charge in [-0.05, 0) is 43.0 Å². The Morgan fingerprint density at radius 1 is 1.17 bits per heavy atom. The topological polar surface area (TPSA) is 99.0 Å². The summed E-state index contributed by atoms with van der Waals surface area (Å²) in [5, 5.41) is 11.2. The van der Waals surface area contributed by atoms with Crippen molar-refractivity contribution in [2.24, 2.45) is 5.92 Å². The molecule has 10 heteroatoms. The molecule has 1 saturated carbocycles. The largest absolute Gasteiger partial charge is 0.416 e. The summed E-state index contributed by atoms with van der Waals surface area (Å²) in [6.07, 6.45) is -0.138. The Morgan fingerprint density at radius 3 is 2.31 bits per heavy atom. The number of carbonyl (C=O) groups excluding carboxylic acids is 2. The average Bonchev–Trinajstić information content (AvgIpc) is 3.51. The number of benzene rings is 1. The molecule has 0 spiro atoms. The van der Waals surface area contributed by atoms with E-state index in [0.717, 1.165) is 37.1 Å². The number of alkyl halides is 3. The standard InChI is InChI=1S/C19H16F3N5O2/c20-19(21,22)15-5-3-14(4-6-15)17(29)27(10-12-1-2-12)11-16(28)26-18-24-8-13(7-23)9-25-18/h3-6,8-9,12H,1-2,10-11H2,(H,24,25,26,28).